The van der Waals surface area contributed by atoms with Gasteiger partial charge in [0, 0.05) is 50.2 Å². The molecule has 1 aromatic carbocycles. The summed E-state index contributed by atoms with van der Waals surface area (Å²) in [5, 5.41) is 12.5. The molecule has 2 aliphatic carbocycles. The Morgan fingerprint density at radius 1 is 1.04 bits per heavy atom. The van der Waals surface area contributed by atoms with Crippen LogP contribution in [0.3, 0.4) is 0 Å². The van der Waals surface area contributed by atoms with E-state index in [2.05, 4.69) is 10.0 Å². The van der Waals surface area contributed by atoms with Gasteiger partial charge in [0.2, 0.25) is 27.7 Å². The molecule has 4 aliphatic heterocycles. The highest BCUT2D eigenvalue weighted by molar-refractivity contribution is 7.91. The van der Waals surface area contributed by atoms with Gasteiger partial charge in [0.25, 0.3) is 11.8 Å². The van der Waals surface area contributed by atoms with Crippen molar-refractivity contribution in [1.29, 1.82) is 0 Å². The van der Waals surface area contributed by atoms with Crippen LogP contribution >= 0.6 is 0 Å². The Balaban J connectivity index is 1.22. The lowest BCUT2D eigenvalue weighted by Crippen LogP contribution is -2.57. The highest BCUT2D eigenvalue weighted by atomic mass is 32.2. The maximum absolute atomic E-state index is 14.7. The molecule has 5 amide bonds. The highest BCUT2D eigenvalue weighted by Crippen LogP contribution is 2.47. The molecular formula is C37H47F2N5O8S. The van der Waals surface area contributed by atoms with Crippen LogP contribution in [0.4, 0.5) is 13.6 Å². The molecule has 53 heavy (non-hydrogen) atoms. The maximum Gasteiger partial charge on any atom is 0.407 e. The first-order chi connectivity index (χ1) is 25.2. The van der Waals surface area contributed by atoms with Crippen LogP contribution in [0.1, 0.15) is 87.8 Å². The van der Waals surface area contributed by atoms with Gasteiger partial charge in [0.15, 0.2) is 0 Å². The largest absolute Gasteiger partial charge is 0.465 e. The number of fused-ring (bicyclic) bond motifs is 3. The van der Waals surface area contributed by atoms with Gasteiger partial charge >= 0.3 is 6.09 Å². The molecule has 4 fully saturated rings. The van der Waals surface area contributed by atoms with Crippen LogP contribution in [0, 0.1) is 17.8 Å². The van der Waals surface area contributed by atoms with Gasteiger partial charge in [-0.1, -0.05) is 49.3 Å². The summed E-state index contributed by atoms with van der Waals surface area (Å²) >= 11 is 0. The summed E-state index contributed by atoms with van der Waals surface area (Å²) < 4.78 is 56.0. The average molecular weight is 760 g/mol. The third kappa shape index (κ3) is 7.65. The Morgan fingerprint density at radius 2 is 1.81 bits per heavy atom. The first-order valence-corrected chi connectivity index (χ1v) is 20.3. The van der Waals surface area contributed by atoms with Crippen LogP contribution in [-0.4, -0.2) is 107 Å². The number of sulfonamides is 1. The molecular weight excluding hydrogens is 712 g/mol. The van der Waals surface area contributed by atoms with Crippen molar-refractivity contribution in [3.8, 4) is 0 Å². The third-order valence-corrected chi connectivity index (χ3v) is 13.8. The maximum atomic E-state index is 14.7. The van der Waals surface area contributed by atoms with E-state index in [0.29, 0.717) is 38.5 Å². The zero-order valence-electron chi connectivity index (χ0n) is 29.6. The van der Waals surface area contributed by atoms with Crippen molar-refractivity contribution < 1.29 is 46.3 Å². The molecule has 6 atom stereocenters. The number of alkyl halides is 2. The topological polar surface area (TPSA) is 174 Å². The van der Waals surface area contributed by atoms with Crippen molar-refractivity contribution in [1.82, 2.24) is 24.7 Å². The fraction of sp³-hybridized carbons (Fsp3) is 0.649. The van der Waals surface area contributed by atoms with Gasteiger partial charge in [-0.25, -0.2) is 22.0 Å². The Morgan fingerprint density at radius 3 is 2.53 bits per heavy atom. The summed E-state index contributed by atoms with van der Waals surface area (Å²) in [6.07, 6.45) is 6.31. The van der Waals surface area contributed by atoms with Crippen LogP contribution in [0.5, 0.6) is 0 Å². The van der Waals surface area contributed by atoms with Gasteiger partial charge in [-0.2, -0.15) is 0 Å². The number of carbonyl (C=O) groups is 5. The molecule has 16 heteroatoms. The Hall–Kier alpha value is -4.08. The number of carboxylic acid groups (broad SMARTS) is 1. The average Bonchev–Trinajstić information content (AvgIpc) is 4.01. The minimum Gasteiger partial charge on any atom is -0.465 e. The zero-order valence-corrected chi connectivity index (χ0v) is 30.4. The zero-order chi connectivity index (χ0) is 37.7. The molecule has 7 rings (SSSR count). The van der Waals surface area contributed by atoms with Gasteiger partial charge in [-0.3, -0.25) is 23.9 Å². The fourth-order valence-electron chi connectivity index (χ4n) is 8.80. The fourth-order valence-corrected chi connectivity index (χ4v) is 10.2. The van der Waals surface area contributed by atoms with Crippen LogP contribution in [0.15, 0.2) is 36.4 Å². The van der Waals surface area contributed by atoms with Crippen molar-refractivity contribution >= 4 is 39.7 Å². The molecule has 4 heterocycles. The lowest BCUT2D eigenvalue weighted by molar-refractivity contribution is -0.145. The van der Waals surface area contributed by atoms with Gasteiger partial charge < -0.3 is 25.1 Å². The lowest BCUT2D eigenvalue weighted by atomic mass is 9.83. The number of amides is 5. The number of benzene rings is 1. The lowest BCUT2D eigenvalue weighted by Gasteiger charge is -2.39. The Labute approximate surface area is 307 Å². The number of rotatable bonds is 6. The van der Waals surface area contributed by atoms with E-state index in [1.54, 1.807) is 0 Å². The SMILES string of the molecule is O=C1N[C@]2(C(=O)NS(=O)(=O)C3CC3)CC2/C=C\CCCCC[C@H](CC(=O)N2CCC(F)(F)C2)C(=O)N2C[C@H](C3c4ccccc4CCN3C(=O)O)C[C@@H]12. The van der Waals surface area contributed by atoms with E-state index in [0.717, 1.165) is 22.4 Å². The Kier molecular flexibility index (Phi) is 10.0. The smallest absolute Gasteiger partial charge is 0.407 e. The van der Waals surface area contributed by atoms with E-state index in [1.165, 1.54) is 9.80 Å². The Bertz CT molecular complexity index is 1800. The molecule has 1 aromatic rings. The molecule has 288 valence electrons. The van der Waals surface area contributed by atoms with Gasteiger partial charge in [0.1, 0.15) is 11.6 Å². The molecule has 0 bridgehead atoms. The van der Waals surface area contributed by atoms with Gasteiger partial charge in [-0.15, -0.1) is 0 Å². The predicted molar refractivity (Wildman–Crippen MR) is 187 cm³/mol. The molecule has 0 aromatic heterocycles. The highest BCUT2D eigenvalue weighted by Gasteiger charge is 2.62. The van der Waals surface area contributed by atoms with E-state index < -0.39 is 99.3 Å². The summed E-state index contributed by atoms with van der Waals surface area (Å²) in [5.41, 5.74) is 0.168. The number of likely N-dealkylation sites (tertiary alicyclic amines) is 1. The summed E-state index contributed by atoms with van der Waals surface area (Å²) in [5.74, 6) is -7.55. The van der Waals surface area contributed by atoms with Crippen LogP contribution < -0.4 is 10.0 Å². The molecule has 6 aliphatic rings. The van der Waals surface area contributed by atoms with E-state index >= 15 is 0 Å². The molecule has 0 spiro atoms. The molecule has 2 saturated carbocycles. The molecule has 2 saturated heterocycles. The van der Waals surface area contributed by atoms with Crippen molar-refractivity contribution in [2.45, 2.75) is 106 Å². The van der Waals surface area contributed by atoms with Crippen LogP contribution in [0.2, 0.25) is 0 Å². The number of nitrogens with zero attached hydrogens (tertiary/aromatic N) is 3. The van der Waals surface area contributed by atoms with Crippen molar-refractivity contribution in [3.05, 3.63) is 47.5 Å². The van der Waals surface area contributed by atoms with Gasteiger partial charge in [0.05, 0.1) is 17.8 Å². The number of hydrogen-bond acceptors (Lipinski definition) is 7. The van der Waals surface area contributed by atoms with E-state index in [1.807, 2.05) is 36.4 Å². The number of halogens is 2. The first kappa shape index (κ1) is 37.2. The van der Waals surface area contributed by atoms with Crippen molar-refractivity contribution in [2.24, 2.45) is 17.8 Å². The second-order valence-corrected chi connectivity index (χ2v) is 17.7. The van der Waals surface area contributed by atoms with Crippen molar-refractivity contribution in [2.75, 3.05) is 26.2 Å². The third-order valence-electron chi connectivity index (χ3n) is 12.0. The molecule has 0 radical (unpaired) electrons. The van der Waals surface area contributed by atoms with E-state index in [9.17, 15) is 46.3 Å². The minimum atomic E-state index is -3.94. The summed E-state index contributed by atoms with van der Waals surface area (Å²) in [6, 6.07) is 5.59. The number of allylic oxidation sites excluding steroid dienone is 1. The number of nitrogens with one attached hydrogen (secondary N) is 2. The summed E-state index contributed by atoms with van der Waals surface area (Å²) in [6.45, 7) is -0.652. The van der Waals surface area contributed by atoms with E-state index in [4.69, 9.17) is 0 Å². The monoisotopic (exact) mass is 759 g/mol. The second-order valence-electron chi connectivity index (χ2n) is 15.7. The standard InChI is InChI=1S/C37H47F2N5O8S/c38-36(39)15-17-42(22-36)30(45)19-24-9-4-2-1-3-5-10-26-20-37(26,34(48)41-53(51,52)27-12-13-27)40-32(46)29-18-25(21-44(29)33(24)47)31-28-11-7-6-8-23(28)14-16-43(31)35(49)50/h5-8,10-11,24-27,29,31H,1-4,9,12-22H2,(H,40,46)(H,41,48)(H,49,50)/b10-5-/t24-,25-,26?,29+,31?,37-/m1/s1. The first-order valence-electron chi connectivity index (χ1n) is 18.8. The normalized spacial score (nSPS) is 32.3. The molecule has 3 N–H and O–H groups in total. The summed E-state index contributed by atoms with van der Waals surface area (Å²) in [4.78, 5) is 72.7. The molecule has 13 nitrogen and oxygen atoms in total. The predicted octanol–water partition coefficient (Wildman–Crippen LogP) is 3.36. The van der Waals surface area contributed by atoms with Gasteiger partial charge in [-0.05, 0) is 62.5 Å². The quantitative estimate of drug-likeness (QED) is 0.371. The number of carbonyl (C=O) groups excluding carboxylic acids is 4. The number of hydrogen-bond donors (Lipinski definition) is 3. The van der Waals surface area contributed by atoms with E-state index in [-0.39, 0.29) is 45.3 Å². The molecule has 2 unspecified atom stereocenters. The summed E-state index contributed by atoms with van der Waals surface area (Å²) in [7, 11) is -3.94. The van der Waals surface area contributed by atoms with Crippen LogP contribution in [-0.2, 0) is 35.6 Å². The second kappa shape index (κ2) is 14.3. The minimum absolute atomic E-state index is 0.0231. The van der Waals surface area contributed by atoms with Crippen molar-refractivity contribution in [3.63, 3.8) is 0 Å². The van der Waals surface area contributed by atoms with Crippen LogP contribution in [0.25, 0.3) is 0 Å².